The lowest BCUT2D eigenvalue weighted by molar-refractivity contribution is 0.120. The lowest BCUT2D eigenvalue weighted by Crippen LogP contribution is -2.21. The minimum atomic E-state index is 0.639. The molecule has 0 aromatic carbocycles. The highest BCUT2D eigenvalue weighted by Crippen LogP contribution is 1.96. The SMILES string of the molecule is C=CN1CC=COC1. The van der Waals surface area contributed by atoms with E-state index in [1.165, 1.54) is 0 Å². The number of nitrogens with zero attached hydrogens (tertiary/aromatic N) is 1. The fraction of sp³-hybridized carbons (Fsp3) is 0.333. The largest absolute Gasteiger partial charge is 0.481 e. The van der Waals surface area contributed by atoms with E-state index in [0.717, 1.165) is 6.54 Å². The molecular formula is C6H9NO. The van der Waals surface area contributed by atoms with Crippen LogP contribution in [0.3, 0.4) is 0 Å². The van der Waals surface area contributed by atoms with Gasteiger partial charge in [0.05, 0.1) is 6.26 Å². The van der Waals surface area contributed by atoms with Gasteiger partial charge in [-0.2, -0.15) is 0 Å². The van der Waals surface area contributed by atoms with E-state index < -0.39 is 0 Å². The summed E-state index contributed by atoms with van der Waals surface area (Å²) in [4.78, 5) is 1.97. The first-order valence-corrected chi connectivity index (χ1v) is 2.56. The normalized spacial score (nSPS) is 17.8. The first-order chi connectivity index (χ1) is 3.93. The zero-order valence-corrected chi connectivity index (χ0v) is 4.71. The molecule has 44 valence electrons. The van der Waals surface area contributed by atoms with Crippen molar-refractivity contribution >= 4 is 0 Å². The summed E-state index contributed by atoms with van der Waals surface area (Å²) in [5.74, 6) is 0. The molecule has 0 aromatic heterocycles. The minimum absolute atomic E-state index is 0.639. The van der Waals surface area contributed by atoms with Crippen molar-refractivity contribution in [3.63, 3.8) is 0 Å². The van der Waals surface area contributed by atoms with Gasteiger partial charge in [0, 0.05) is 6.54 Å². The molecule has 0 spiro atoms. The van der Waals surface area contributed by atoms with Gasteiger partial charge < -0.3 is 9.64 Å². The Balaban J connectivity index is 2.37. The molecule has 0 saturated carbocycles. The fourth-order valence-electron chi connectivity index (χ4n) is 0.565. The second-order valence-electron chi connectivity index (χ2n) is 1.62. The first kappa shape index (κ1) is 5.22. The third-order valence-corrected chi connectivity index (χ3v) is 1.03. The zero-order chi connectivity index (χ0) is 5.82. The van der Waals surface area contributed by atoms with E-state index in [-0.39, 0.29) is 0 Å². The van der Waals surface area contributed by atoms with Crippen LogP contribution in [0, 0.1) is 0 Å². The second kappa shape index (κ2) is 2.40. The van der Waals surface area contributed by atoms with Crippen molar-refractivity contribution in [3.05, 3.63) is 25.1 Å². The van der Waals surface area contributed by atoms with E-state index in [2.05, 4.69) is 6.58 Å². The molecular weight excluding hydrogens is 102 g/mol. The Kier molecular flexibility index (Phi) is 1.57. The molecule has 2 heteroatoms. The van der Waals surface area contributed by atoms with Crippen LogP contribution in [0.25, 0.3) is 0 Å². The summed E-state index contributed by atoms with van der Waals surface area (Å²) in [5, 5.41) is 0. The second-order valence-corrected chi connectivity index (χ2v) is 1.62. The highest BCUT2D eigenvalue weighted by Gasteiger charge is 1.96. The van der Waals surface area contributed by atoms with Crippen molar-refractivity contribution in [1.29, 1.82) is 0 Å². The number of ether oxygens (including phenoxy) is 1. The fourth-order valence-corrected chi connectivity index (χ4v) is 0.565. The average Bonchev–Trinajstić information content (AvgIpc) is 1.90. The van der Waals surface area contributed by atoms with Crippen LogP contribution in [0.15, 0.2) is 25.1 Å². The minimum Gasteiger partial charge on any atom is -0.481 e. The van der Waals surface area contributed by atoms with Crippen molar-refractivity contribution in [2.45, 2.75) is 0 Å². The molecule has 0 atom stereocenters. The molecule has 8 heavy (non-hydrogen) atoms. The van der Waals surface area contributed by atoms with Crippen LogP contribution in [0.1, 0.15) is 0 Å². The van der Waals surface area contributed by atoms with Gasteiger partial charge in [-0.15, -0.1) is 0 Å². The first-order valence-electron chi connectivity index (χ1n) is 2.56. The maximum Gasteiger partial charge on any atom is 0.160 e. The van der Waals surface area contributed by atoms with Gasteiger partial charge in [-0.1, -0.05) is 6.58 Å². The van der Waals surface area contributed by atoms with Crippen LogP contribution >= 0.6 is 0 Å². The molecule has 0 aliphatic carbocycles. The molecule has 0 bridgehead atoms. The lowest BCUT2D eigenvalue weighted by Gasteiger charge is -2.20. The van der Waals surface area contributed by atoms with E-state index in [0.29, 0.717) is 6.73 Å². The van der Waals surface area contributed by atoms with Crippen molar-refractivity contribution < 1.29 is 4.74 Å². The standard InChI is InChI=1S/C6H9NO/c1-2-7-4-3-5-8-6-7/h2-3,5H,1,4,6H2. The van der Waals surface area contributed by atoms with Crippen molar-refractivity contribution in [1.82, 2.24) is 4.90 Å². The number of hydrogen-bond acceptors (Lipinski definition) is 2. The van der Waals surface area contributed by atoms with Crippen molar-refractivity contribution in [2.75, 3.05) is 13.3 Å². The molecule has 1 aliphatic heterocycles. The van der Waals surface area contributed by atoms with Gasteiger partial charge in [0.2, 0.25) is 0 Å². The van der Waals surface area contributed by atoms with Gasteiger partial charge >= 0.3 is 0 Å². The summed E-state index contributed by atoms with van der Waals surface area (Å²) in [6.45, 7) is 5.16. The Labute approximate surface area is 49.1 Å². The molecule has 0 saturated heterocycles. The molecule has 1 rings (SSSR count). The smallest absolute Gasteiger partial charge is 0.160 e. The Morgan fingerprint density at radius 3 is 3.00 bits per heavy atom. The maximum atomic E-state index is 4.95. The predicted octanol–water partition coefficient (Wildman–Crippen LogP) is 0.933. The molecule has 0 unspecified atom stereocenters. The van der Waals surface area contributed by atoms with Gasteiger partial charge in [0.1, 0.15) is 0 Å². The van der Waals surface area contributed by atoms with Gasteiger partial charge in [-0.05, 0) is 12.3 Å². The van der Waals surface area contributed by atoms with Crippen LogP contribution in [0.5, 0.6) is 0 Å². The summed E-state index contributed by atoms with van der Waals surface area (Å²) >= 11 is 0. The van der Waals surface area contributed by atoms with Crippen molar-refractivity contribution in [2.24, 2.45) is 0 Å². The average molecular weight is 111 g/mol. The predicted molar refractivity (Wildman–Crippen MR) is 32.0 cm³/mol. The Morgan fingerprint density at radius 2 is 2.62 bits per heavy atom. The molecule has 0 radical (unpaired) electrons. The van der Waals surface area contributed by atoms with E-state index in [4.69, 9.17) is 4.74 Å². The summed E-state index contributed by atoms with van der Waals surface area (Å²) < 4.78 is 4.95. The van der Waals surface area contributed by atoms with Crippen LogP contribution < -0.4 is 0 Å². The summed E-state index contributed by atoms with van der Waals surface area (Å²) in [5.41, 5.74) is 0. The molecule has 0 fully saturated rings. The van der Waals surface area contributed by atoms with Crippen LogP contribution in [-0.4, -0.2) is 18.2 Å². The summed E-state index contributed by atoms with van der Waals surface area (Å²) in [6, 6.07) is 0. The van der Waals surface area contributed by atoms with E-state index in [1.807, 2.05) is 11.0 Å². The van der Waals surface area contributed by atoms with E-state index in [1.54, 1.807) is 12.5 Å². The lowest BCUT2D eigenvalue weighted by atomic mass is 10.5. The third-order valence-electron chi connectivity index (χ3n) is 1.03. The summed E-state index contributed by atoms with van der Waals surface area (Å²) in [6.07, 6.45) is 5.43. The van der Waals surface area contributed by atoms with E-state index >= 15 is 0 Å². The van der Waals surface area contributed by atoms with Gasteiger partial charge in [-0.3, -0.25) is 0 Å². The topological polar surface area (TPSA) is 12.5 Å². The van der Waals surface area contributed by atoms with Gasteiger partial charge in [-0.25, -0.2) is 0 Å². The molecule has 0 N–H and O–H groups in total. The zero-order valence-electron chi connectivity index (χ0n) is 4.71. The summed E-state index contributed by atoms with van der Waals surface area (Å²) in [7, 11) is 0. The number of hydrogen-bond donors (Lipinski definition) is 0. The van der Waals surface area contributed by atoms with Crippen LogP contribution in [0.4, 0.5) is 0 Å². The quantitative estimate of drug-likeness (QED) is 0.499. The molecule has 1 aliphatic rings. The Morgan fingerprint density at radius 1 is 1.75 bits per heavy atom. The maximum absolute atomic E-state index is 4.95. The Bertz CT molecular complexity index is 109. The highest BCUT2D eigenvalue weighted by molar-refractivity contribution is 4.85. The Hall–Kier alpha value is -0.920. The van der Waals surface area contributed by atoms with Gasteiger partial charge in [0.25, 0.3) is 0 Å². The van der Waals surface area contributed by atoms with Crippen LogP contribution in [0.2, 0.25) is 0 Å². The molecule has 1 heterocycles. The monoisotopic (exact) mass is 111 g/mol. The van der Waals surface area contributed by atoms with E-state index in [9.17, 15) is 0 Å². The number of rotatable bonds is 1. The molecule has 0 amide bonds. The third kappa shape index (κ3) is 1.03. The molecule has 0 aromatic rings. The van der Waals surface area contributed by atoms with Gasteiger partial charge in [0.15, 0.2) is 6.73 Å². The van der Waals surface area contributed by atoms with Crippen LogP contribution in [-0.2, 0) is 4.74 Å². The highest BCUT2D eigenvalue weighted by atomic mass is 16.5. The molecule has 2 nitrogen and oxygen atoms in total. The van der Waals surface area contributed by atoms with Crippen molar-refractivity contribution in [3.8, 4) is 0 Å².